The number of phenols is 1. The predicted octanol–water partition coefficient (Wildman–Crippen LogP) is 4.57. The second-order valence-corrected chi connectivity index (χ2v) is 11.4. The van der Waals surface area contributed by atoms with E-state index in [-0.39, 0.29) is 34.6 Å². The minimum atomic E-state index is -0.597. The van der Waals surface area contributed by atoms with E-state index < -0.39 is 11.9 Å². The van der Waals surface area contributed by atoms with Gasteiger partial charge in [0, 0.05) is 30.9 Å². The summed E-state index contributed by atoms with van der Waals surface area (Å²) in [5.74, 6) is -0.0302. The summed E-state index contributed by atoms with van der Waals surface area (Å²) >= 11 is 0. The van der Waals surface area contributed by atoms with Crippen LogP contribution in [0.1, 0.15) is 51.0 Å². The summed E-state index contributed by atoms with van der Waals surface area (Å²) in [6.45, 7) is 7.66. The fourth-order valence-electron chi connectivity index (χ4n) is 6.71. The van der Waals surface area contributed by atoms with Gasteiger partial charge in [-0.05, 0) is 89.2 Å². The molecule has 0 spiro atoms. The van der Waals surface area contributed by atoms with Crippen molar-refractivity contribution in [2.45, 2.75) is 64.0 Å². The zero-order chi connectivity index (χ0) is 28.6. The number of halogens is 1. The average molecular weight is 565 g/mol. The molecular formula is C30H37FN6O4. The number of hydrogen-bond acceptors (Lipinski definition) is 9. The molecule has 2 aromatic heterocycles. The normalized spacial score (nSPS) is 20.3. The van der Waals surface area contributed by atoms with Crippen molar-refractivity contribution in [1.82, 2.24) is 25.2 Å². The third-order valence-corrected chi connectivity index (χ3v) is 8.58. The number of amides is 1. The van der Waals surface area contributed by atoms with Crippen molar-refractivity contribution in [3.05, 3.63) is 35.8 Å². The minimum absolute atomic E-state index is 0.0146. The van der Waals surface area contributed by atoms with Crippen LogP contribution in [0, 0.1) is 12.7 Å². The Hall–Kier alpha value is -3.73. The number of piperidine rings is 1. The fraction of sp³-hybridized carbons (Fsp3) is 0.533. The van der Waals surface area contributed by atoms with Gasteiger partial charge in [-0.25, -0.2) is 9.18 Å². The van der Waals surface area contributed by atoms with Crippen molar-refractivity contribution in [2.24, 2.45) is 0 Å². The lowest BCUT2D eigenvalue weighted by atomic mass is 9.95. The van der Waals surface area contributed by atoms with Gasteiger partial charge in [0.25, 0.3) is 0 Å². The number of nitrogens with one attached hydrogen (secondary N) is 1. The summed E-state index contributed by atoms with van der Waals surface area (Å²) in [7, 11) is 0. The highest BCUT2D eigenvalue weighted by Gasteiger charge is 2.45. The number of benzene rings is 1. The summed E-state index contributed by atoms with van der Waals surface area (Å²) in [4.78, 5) is 30.5. The van der Waals surface area contributed by atoms with Crippen LogP contribution in [0.5, 0.6) is 11.8 Å². The number of rotatable bonds is 7. The number of carbonyl (C=O) groups excluding carboxylic acids is 1. The highest BCUT2D eigenvalue weighted by Crippen LogP contribution is 2.40. The fourth-order valence-corrected chi connectivity index (χ4v) is 6.71. The maximum atomic E-state index is 16.2. The van der Waals surface area contributed by atoms with E-state index in [0.29, 0.717) is 43.1 Å². The van der Waals surface area contributed by atoms with E-state index in [9.17, 15) is 9.90 Å². The summed E-state index contributed by atoms with van der Waals surface area (Å²) < 4.78 is 27.6. The van der Waals surface area contributed by atoms with Crippen LogP contribution in [0.4, 0.5) is 15.0 Å². The number of phenolic OH excluding ortho intramolecular Hbond substituents is 1. The van der Waals surface area contributed by atoms with E-state index in [4.69, 9.17) is 14.5 Å². The van der Waals surface area contributed by atoms with E-state index in [1.54, 1.807) is 25.3 Å². The van der Waals surface area contributed by atoms with E-state index in [2.05, 4.69) is 20.2 Å². The first-order chi connectivity index (χ1) is 19.8. The van der Waals surface area contributed by atoms with Crippen molar-refractivity contribution in [1.29, 1.82) is 0 Å². The molecule has 11 heteroatoms. The Morgan fingerprint density at radius 2 is 1.98 bits per heavy atom. The number of nitrogens with zero attached hydrogens (tertiary/aromatic N) is 5. The number of alkyl carbamates (subject to hydrolysis) is 1. The van der Waals surface area contributed by atoms with Crippen molar-refractivity contribution in [3.8, 4) is 23.0 Å². The Morgan fingerprint density at radius 3 is 2.73 bits per heavy atom. The number of ether oxygens (including phenoxy) is 2. The van der Waals surface area contributed by atoms with Crippen LogP contribution in [-0.4, -0.2) is 82.0 Å². The molecule has 1 unspecified atom stereocenters. The molecule has 3 aromatic rings. The highest BCUT2D eigenvalue weighted by atomic mass is 19.1. The molecule has 41 heavy (non-hydrogen) atoms. The Morgan fingerprint density at radius 1 is 1.17 bits per heavy atom. The average Bonchev–Trinajstić information content (AvgIpc) is 3.52. The predicted molar refractivity (Wildman–Crippen MR) is 153 cm³/mol. The molecule has 6 rings (SSSR count). The lowest BCUT2D eigenvalue weighted by Crippen LogP contribution is -2.48. The summed E-state index contributed by atoms with van der Waals surface area (Å²) in [5.41, 5.74) is 1.46. The molecule has 1 amide bonds. The minimum Gasteiger partial charge on any atom is -0.508 e. The van der Waals surface area contributed by atoms with Crippen LogP contribution in [0.3, 0.4) is 0 Å². The van der Waals surface area contributed by atoms with Gasteiger partial charge in [0.2, 0.25) is 0 Å². The highest BCUT2D eigenvalue weighted by molar-refractivity contribution is 5.92. The van der Waals surface area contributed by atoms with Gasteiger partial charge >= 0.3 is 12.1 Å². The zero-order valence-electron chi connectivity index (χ0n) is 23.7. The first-order valence-corrected chi connectivity index (χ1v) is 14.6. The van der Waals surface area contributed by atoms with Gasteiger partial charge in [-0.2, -0.15) is 9.97 Å². The molecule has 0 radical (unpaired) electrons. The number of fused-ring (bicyclic) bond motifs is 2. The van der Waals surface area contributed by atoms with Gasteiger partial charge in [0.1, 0.15) is 29.4 Å². The molecule has 0 bridgehead atoms. The van der Waals surface area contributed by atoms with E-state index in [1.807, 2.05) is 11.8 Å². The first-order valence-electron chi connectivity index (χ1n) is 14.6. The Kier molecular flexibility index (Phi) is 7.54. The number of aromatic nitrogens is 3. The lowest BCUT2D eigenvalue weighted by Gasteiger charge is -2.34. The Bertz CT molecular complexity index is 1420. The molecule has 3 aliphatic rings. The van der Waals surface area contributed by atoms with Crippen molar-refractivity contribution >= 4 is 22.8 Å². The van der Waals surface area contributed by atoms with Crippen LogP contribution < -0.4 is 15.0 Å². The largest absolute Gasteiger partial charge is 0.508 e. The molecule has 5 heterocycles. The zero-order valence-corrected chi connectivity index (χ0v) is 23.7. The smallest absolute Gasteiger partial charge is 0.407 e. The van der Waals surface area contributed by atoms with Gasteiger partial charge in [-0.15, -0.1) is 0 Å². The maximum absolute atomic E-state index is 16.2. The maximum Gasteiger partial charge on any atom is 0.407 e. The van der Waals surface area contributed by atoms with Crippen LogP contribution >= 0.6 is 0 Å². The number of hydrogen-bond donors (Lipinski definition) is 2. The monoisotopic (exact) mass is 564 g/mol. The van der Waals surface area contributed by atoms with Gasteiger partial charge in [0.05, 0.1) is 17.5 Å². The number of carbonyl (C=O) groups is 1. The number of aryl methyl sites for hydroxylation is 1. The number of anilines is 1. The van der Waals surface area contributed by atoms with Crippen LogP contribution in [-0.2, 0) is 4.74 Å². The number of aromatic hydroxyl groups is 1. The molecular weight excluding hydrogens is 527 g/mol. The molecule has 1 atom stereocenters. The second-order valence-electron chi connectivity index (χ2n) is 11.4. The summed E-state index contributed by atoms with van der Waals surface area (Å²) in [6.07, 6.45) is 7.17. The van der Waals surface area contributed by atoms with E-state index in [1.165, 1.54) is 6.07 Å². The van der Waals surface area contributed by atoms with Gasteiger partial charge in [0.15, 0.2) is 5.82 Å². The molecule has 3 fully saturated rings. The van der Waals surface area contributed by atoms with Gasteiger partial charge in [-0.1, -0.05) is 0 Å². The van der Waals surface area contributed by atoms with Crippen LogP contribution in [0.15, 0.2) is 24.4 Å². The standard InChI is InChI=1S/C30H37FN6O4/c1-3-40-29(39)33-21-7-4-10-36(17-21)27-23-16-32-25(20-13-19(2)14-22(38)15-20)24(31)26(23)34-28(35-27)41-18-30-8-5-11-37(30)12-6-9-30/h13-16,21,38H,3-12,17-18H2,1-2H3,(H,33,39). The molecule has 10 nitrogen and oxygen atoms in total. The molecule has 218 valence electrons. The van der Waals surface area contributed by atoms with E-state index >= 15 is 4.39 Å². The van der Waals surface area contributed by atoms with Crippen molar-refractivity contribution in [3.63, 3.8) is 0 Å². The van der Waals surface area contributed by atoms with Gasteiger partial charge < -0.3 is 24.8 Å². The third kappa shape index (κ3) is 5.47. The van der Waals surface area contributed by atoms with Crippen molar-refractivity contribution in [2.75, 3.05) is 44.3 Å². The number of pyridine rings is 1. The summed E-state index contributed by atoms with van der Waals surface area (Å²) in [6, 6.07) is 4.87. The summed E-state index contributed by atoms with van der Waals surface area (Å²) in [5, 5.41) is 13.5. The molecule has 0 saturated carbocycles. The lowest BCUT2D eigenvalue weighted by molar-refractivity contribution is 0.108. The van der Waals surface area contributed by atoms with Crippen LogP contribution in [0.2, 0.25) is 0 Å². The SMILES string of the molecule is CCOC(=O)NC1CCCN(c2nc(OCC34CCCN3CCC4)nc3c(F)c(-c4cc(C)cc(O)c4)ncc23)C1. The molecule has 3 saturated heterocycles. The third-order valence-electron chi connectivity index (χ3n) is 8.58. The Labute approximate surface area is 238 Å². The molecule has 3 aliphatic heterocycles. The second kappa shape index (κ2) is 11.3. The molecule has 1 aromatic carbocycles. The van der Waals surface area contributed by atoms with Crippen molar-refractivity contribution < 1.29 is 23.8 Å². The first kappa shape index (κ1) is 27.4. The van der Waals surface area contributed by atoms with E-state index in [0.717, 1.165) is 57.2 Å². The molecule has 0 aliphatic carbocycles. The topological polar surface area (TPSA) is 113 Å². The van der Waals surface area contributed by atoms with Gasteiger partial charge in [-0.3, -0.25) is 9.88 Å². The quantitative estimate of drug-likeness (QED) is 0.426. The molecule has 2 N–H and O–H groups in total. The Balaban J connectivity index is 1.38. The van der Waals surface area contributed by atoms with Crippen LogP contribution in [0.25, 0.3) is 22.2 Å².